The molecule has 10 heteroatoms. The van der Waals surface area contributed by atoms with Gasteiger partial charge in [-0.25, -0.2) is 13.2 Å². The summed E-state index contributed by atoms with van der Waals surface area (Å²) in [7, 11) is -3.52. The average molecular weight is 465 g/mol. The molecule has 0 aliphatic carbocycles. The molecule has 2 rings (SSSR count). The molecule has 0 unspecified atom stereocenters. The van der Waals surface area contributed by atoms with Crippen LogP contribution < -0.4 is 5.32 Å². The highest BCUT2D eigenvalue weighted by atomic mass is 35.5. The zero-order valence-electron chi connectivity index (χ0n) is 14.7. The van der Waals surface area contributed by atoms with Crippen LogP contribution in [0.4, 0.5) is 0 Å². The van der Waals surface area contributed by atoms with Crippen LogP contribution in [0.5, 0.6) is 0 Å². The van der Waals surface area contributed by atoms with Gasteiger partial charge in [-0.3, -0.25) is 4.79 Å². The summed E-state index contributed by atoms with van der Waals surface area (Å²) in [6.45, 7) is -0.255. The van der Waals surface area contributed by atoms with E-state index >= 15 is 0 Å². The Morgan fingerprint density at radius 1 is 1.04 bits per heavy atom. The van der Waals surface area contributed by atoms with E-state index in [1.165, 1.54) is 12.1 Å². The molecular formula is C18H16Cl3NO5S. The number of hydrogen-bond acceptors (Lipinski definition) is 5. The molecule has 0 aliphatic heterocycles. The minimum atomic E-state index is -3.52. The number of carbonyl (C=O) groups is 2. The smallest absolute Gasteiger partial charge is 0.340 e. The lowest BCUT2D eigenvalue weighted by molar-refractivity contribution is -0.124. The number of nitrogens with one attached hydrogen (secondary N) is 1. The van der Waals surface area contributed by atoms with Crippen molar-refractivity contribution in [3.8, 4) is 0 Å². The first-order chi connectivity index (χ1) is 13.1. The van der Waals surface area contributed by atoms with Crippen LogP contribution >= 0.6 is 34.8 Å². The van der Waals surface area contributed by atoms with Gasteiger partial charge < -0.3 is 10.1 Å². The number of benzene rings is 2. The zero-order chi connectivity index (χ0) is 20.9. The summed E-state index contributed by atoms with van der Waals surface area (Å²) in [6.07, 6.45) is 1.48. The van der Waals surface area contributed by atoms with Crippen molar-refractivity contribution in [3.05, 3.63) is 62.6 Å². The number of sulfone groups is 1. The predicted octanol–water partition coefficient (Wildman–Crippen LogP) is 3.57. The summed E-state index contributed by atoms with van der Waals surface area (Å²) >= 11 is 17.8. The summed E-state index contributed by atoms with van der Waals surface area (Å²) in [5.74, 6) is -1.42. The van der Waals surface area contributed by atoms with E-state index in [1.54, 1.807) is 18.2 Å². The van der Waals surface area contributed by atoms with Crippen molar-refractivity contribution in [2.24, 2.45) is 0 Å². The van der Waals surface area contributed by atoms with Crippen LogP contribution in [0.15, 0.2) is 41.3 Å². The summed E-state index contributed by atoms with van der Waals surface area (Å²) in [4.78, 5) is 23.9. The summed E-state index contributed by atoms with van der Waals surface area (Å²) in [5.41, 5.74) is 0.679. The third-order valence-corrected chi connectivity index (χ3v) is 5.68. The molecule has 0 bridgehead atoms. The van der Waals surface area contributed by atoms with Gasteiger partial charge in [-0.05, 0) is 42.3 Å². The molecule has 0 aliphatic rings. The molecule has 2 aromatic rings. The predicted molar refractivity (Wildman–Crippen MR) is 108 cm³/mol. The monoisotopic (exact) mass is 463 g/mol. The second-order valence-electron chi connectivity index (χ2n) is 5.83. The fraction of sp³-hybridized carbons (Fsp3) is 0.222. The van der Waals surface area contributed by atoms with Gasteiger partial charge in [0.1, 0.15) is 0 Å². The second-order valence-corrected chi connectivity index (χ2v) is 9.09. The number of carbonyl (C=O) groups excluding carboxylic acids is 2. The highest BCUT2D eigenvalue weighted by Crippen LogP contribution is 2.22. The van der Waals surface area contributed by atoms with Gasteiger partial charge in [-0.1, -0.05) is 40.9 Å². The molecule has 6 nitrogen and oxygen atoms in total. The quantitative estimate of drug-likeness (QED) is 0.633. The van der Waals surface area contributed by atoms with E-state index in [0.29, 0.717) is 16.5 Å². The Morgan fingerprint density at radius 3 is 2.39 bits per heavy atom. The Hall–Kier alpha value is -1.80. The van der Waals surface area contributed by atoms with Gasteiger partial charge in [0.2, 0.25) is 0 Å². The van der Waals surface area contributed by atoms with E-state index in [9.17, 15) is 18.0 Å². The largest absolute Gasteiger partial charge is 0.452 e. The second kappa shape index (κ2) is 9.60. The van der Waals surface area contributed by atoms with Crippen molar-refractivity contribution in [1.82, 2.24) is 5.32 Å². The van der Waals surface area contributed by atoms with Gasteiger partial charge in [0, 0.05) is 22.8 Å². The number of hydrogen-bond donors (Lipinski definition) is 1. The van der Waals surface area contributed by atoms with E-state index in [2.05, 4.69) is 5.32 Å². The van der Waals surface area contributed by atoms with E-state index in [4.69, 9.17) is 39.5 Å². The molecule has 0 atom stereocenters. The Bertz CT molecular complexity index is 1010. The molecule has 0 spiro atoms. The standard InChI is InChI=1S/C18H16Cl3NO5S/c1-28(25,26)13-4-5-15(20)14(9-13)18(24)27-10-17(23)22-7-6-11-2-3-12(19)8-16(11)21/h2-5,8-9H,6-7,10H2,1H3,(H,22,23). The van der Waals surface area contributed by atoms with Gasteiger partial charge in [-0.2, -0.15) is 0 Å². The summed E-state index contributed by atoms with van der Waals surface area (Å²) < 4.78 is 28.1. The van der Waals surface area contributed by atoms with Crippen LogP contribution in [-0.4, -0.2) is 39.7 Å². The van der Waals surface area contributed by atoms with Crippen LogP contribution in [-0.2, 0) is 25.8 Å². The Balaban J connectivity index is 1.88. The van der Waals surface area contributed by atoms with Gasteiger partial charge in [0.25, 0.3) is 5.91 Å². The zero-order valence-corrected chi connectivity index (χ0v) is 17.8. The van der Waals surface area contributed by atoms with E-state index in [0.717, 1.165) is 17.9 Å². The SMILES string of the molecule is CS(=O)(=O)c1ccc(Cl)c(C(=O)OCC(=O)NCCc2ccc(Cl)cc2Cl)c1. The van der Waals surface area contributed by atoms with Gasteiger partial charge in [0.15, 0.2) is 16.4 Å². The maximum atomic E-state index is 12.1. The fourth-order valence-corrected chi connectivity index (χ4v) is 3.56. The molecule has 0 heterocycles. The first-order valence-electron chi connectivity index (χ1n) is 7.95. The molecule has 0 aromatic heterocycles. The first-order valence-corrected chi connectivity index (χ1v) is 11.0. The number of amides is 1. The van der Waals surface area contributed by atoms with Crippen LogP contribution in [0.2, 0.25) is 15.1 Å². The normalized spacial score (nSPS) is 11.1. The molecule has 0 fully saturated rings. The summed E-state index contributed by atoms with van der Waals surface area (Å²) in [5, 5.41) is 3.63. The molecule has 1 N–H and O–H groups in total. The Morgan fingerprint density at radius 2 is 1.75 bits per heavy atom. The first kappa shape index (κ1) is 22.5. The minimum absolute atomic E-state index is 0.0233. The van der Waals surface area contributed by atoms with Gasteiger partial charge in [0.05, 0.1) is 15.5 Å². The highest BCUT2D eigenvalue weighted by molar-refractivity contribution is 7.90. The number of halogens is 3. The van der Waals surface area contributed by atoms with E-state index in [1.807, 2.05) is 0 Å². The lowest BCUT2D eigenvalue weighted by Crippen LogP contribution is -2.30. The third-order valence-electron chi connectivity index (χ3n) is 3.65. The maximum absolute atomic E-state index is 12.1. The molecule has 28 heavy (non-hydrogen) atoms. The Kier molecular flexibility index (Phi) is 7.71. The van der Waals surface area contributed by atoms with Crippen LogP contribution in [0.25, 0.3) is 0 Å². The van der Waals surface area contributed by atoms with Gasteiger partial charge >= 0.3 is 5.97 Å². The Labute approximate surface area is 177 Å². The summed E-state index contributed by atoms with van der Waals surface area (Å²) in [6, 6.07) is 8.73. The number of ether oxygens (including phenoxy) is 1. The fourth-order valence-electron chi connectivity index (χ4n) is 2.21. The van der Waals surface area contributed by atoms with Crippen LogP contribution in [0.1, 0.15) is 15.9 Å². The van der Waals surface area contributed by atoms with Crippen molar-refractivity contribution in [3.63, 3.8) is 0 Å². The highest BCUT2D eigenvalue weighted by Gasteiger charge is 2.17. The topological polar surface area (TPSA) is 89.5 Å². The van der Waals surface area contributed by atoms with Crippen molar-refractivity contribution in [2.75, 3.05) is 19.4 Å². The van der Waals surface area contributed by atoms with Crippen molar-refractivity contribution < 1.29 is 22.7 Å². The molecule has 0 radical (unpaired) electrons. The maximum Gasteiger partial charge on any atom is 0.340 e. The van der Waals surface area contributed by atoms with E-state index in [-0.39, 0.29) is 22.0 Å². The number of esters is 1. The number of rotatable bonds is 7. The van der Waals surface area contributed by atoms with Crippen molar-refractivity contribution >= 4 is 56.5 Å². The molecule has 0 saturated heterocycles. The molecule has 1 amide bonds. The molecule has 150 valence electrons. The van der Waals surface area contributed by atoms with Crippen molar-refractivity contribution in [2.45, 2.75) is 11.3 Å². The molecular weight excluding hydrogens is 449 g/mol. The van der Waals surface area contributed by atoms with Crippen molar-refractivity contribution in [1.29, 1.82) is 0 Å². The van der Waals surface area contributed by atoms with E-state index < -0.39 is 28.3 Å². The molecule has 0 saturated carbocycles. The average Bonchev–Trinajstić information content (AvgIpc) is 2.61. The van der Waals surface area contributed by atoms with Crippen LogP contribution in [0.3, 0.4) is 0 Å². The third kappa shape index (κ3) is 6.38. The van der Waals surface area contributed by atoms with Crippen LogP contribution in [0, 0.1) is 0 Å². The lowest BCUT2D eigenvalue weighted by atomic mass is 10.1. The minimum Gasteiger partial charge on any atom is -0.452 e. The lowest BCUT2D eigenvalue weighted by Gasteiger charge is -2.09. The molecule has 2 aromatic carbocycles. The van der Waals surface area contributed by atoms with Gasteiger partial charge in [-0.15, -0.1) is 0 Å².